The highest BCUT2D eigenvalue weighted by Gasteiger charge is 2.23. The fraction of sp³-hybridized carbons (Fsp3) is 0.321. The summed E-state index contributed by atoms with van der Waals surface area (Å²) in [5.74, 6) is 2.84. The number of ether oxygens (including phenoxy) is 2. The molecule has 0 bridgehead atoms. The molecular formula is C28H31ClN6O2. The number of rotatable bonds is 6. The van der Waals surface area contributed by atoms with E-state index in [4.69, 9.17) is 31.0 Å². The second-order valence-corrected chi connectivity index (χ2v) is 9.66. The smallest absolute Gasteiger partial charge is 0.229 e. The molecule has 8 nitrogen and oxygen atoms in total. The molecule has 1 aliphatic rings. The molecule has 0 saturated carbocycles. The van der Waals surface area contributed by atoms with Crippen LogP contribution in [0.3, 0.4) is 0 Å². The third-order valence-corrected chi connectivity index (χ3v) is 7.00. The van der Waals surface area contributed by atoms with Gasteiger partial charge in [-0.2, -0.15) is 4.98 Å². The SMILES string of the molecule is COc1cc(Nc2nc(C)cc(N3CCN(c4c(C)c(C)nc5cc(Cl)ccc45)CC3)n2)cc(OC)c1. The van der Waals surface area contributed by atoms with Crippen LogP contribution in [-0.2, 0) is 0 Å². The van der Waals surface area contributed by atoms with Gasteiger partial charge in [-0.25, -0.2) is 4.98 Å². The van der Waals surface area contributed by atoms with E-state index in [9.17, 15) is 0 Å². The molecule has 2 aromatic carbocycles. The molecule has 5 rings (SSSR count). The second kappa shape index (κ2) is 10.3. The zero-order valence-electron chi connectivity index (χ0n) is 21.8. The first kappa shape index (κ1) is 24.9. The molecule has 0 atom stereocenters. The van der Waals surface area contributed by atoms with Crippen molar-refractivity contribution in [1.29, 1.82) is 0 Å². The molecule has 0 aliphatic carbocycles. The van der Waals surface area contributed by atoms with E-state index in [0.29, 0.717) is 22.5 Å². The van der Waals surface area contributed by atoms with E-state index in [1.54, 1.807) is 14.2 Å². The summed E-state index contributed by atoms with van der Waals surface area (Å²) in [6.07, 6.45) is 0. The van der Waals surface area contributed by atoms with Crippen LogP contribution in [0.4, 0.5) is 23.1 Å². The van der Waals surface area contributed by atoms with Crippen molar-refractivity contribution < 1.29 is 9.47 Å². The summed E-state index contributed by atoms with van der Waals surface area (Å²) in [6, 6.07) is 13.6. The van der Waals surface area contributed by atoms with Crippen molar-refractivity contribution in [3.8, 4) is 11.5 Å². The minimum absolute atomic E-state index is 0.538. The quantitative estimate of drug-likeness (QED) is 0.349. The Morgan fingerprint density at radius 3 is 2.16 bits per heavy atom. The number of hydrogen-bond acceptors (Lipinski definition) is 8. The third kappa shape index (κ3) is 5.20. The number of pyridine rings is 1. The van der Waals surface area contributed by atoms with Crippen molar-refractivity contribution in [3.63, 3.8) is 0 Å². The number of methoxy groups -OCH3 is 2. The molecular weight excluding hydrogens is 488 g/mol. The maximum atomic E-state index is 6.25. The van der Waals surface area contributed by atoms with Crippen molar-refractivity contribution in [2.75, 3.05) is 55.5 Å². The van der Waals surface area contributed by atoms with Gasteiger partial charge in [-0.05, 0) is 44.5 Å². The van der Waals surface area contributed by atoms with Gasteiger partial charge in [0.05, 0.1) is 25.4 Å². The molecule has 1 aliphatic heterocycles. The first-order valence-electron chi connectivity index (χ1n) is 12.3. The van der Waals surface area contributed by atoms with E-state index in [1.165, 1.54) is 11.3 Å². The molecule has 4 aromatic rings. The van der Waals surface area contributed by atoms with Gasteiger partial charge in [0.1, 0.15) is 17.3 Å². The fourth-order valence-electron chi connectivity index (χ4n) is 4.78. The predicted molar refractivity (Wildman–Crippen MR) is 150 cm³/mol. The second-order valence-electron chi connectivity index (χ2n) is 9.22. The highest BCUT2D eigenvalue weighted by atomic mass is 35.5. The Hall–Kier alpha value is -3.78. The van der Waals surface area contributed by atoms with Crippen molar-refractivity contribution >= 4 is 45.6 Å². The largest absolute Gasteiger partial charge is 0.497 e. The lowest BCUT2D eigenvalue weighted by molar-refractivity contribution is 0.395. The molecule has 0 amide bonds. The van der Waals surface area contributed by atoms with E-state index in [-0.39, 0.29) is 0 Å². The Morgan fingerprint density at radius 1 is 0.811 bits per heavy atom. The molecule has 0 unspecified atom stereocenters. The third-order valence-electron chi connectivity index (χ3n) is 6.77. The molecule has 1 saturated heterocycles. The molecule has 1 N–H and O–H groups in total. The first-order chi connectivity index (χ1) is 17.8. The van der Waals surface area contributed by atoms with Gasteiger partial charge < -0.3 is 24.6 Å². The summed E-state index contributed by atoms with van der Waals surface area (Å²) in [5, 5.41) is 5.15. The Kier molecular flexibility index (Phi) is 6.93. The minimum Gasteiger partial charge on any atom is -0.497 e. The van der Waals surface area contributed by atoms with Crippen LogP contribution in [0.5, 0.6) is 11.5 Å². The van der Waals surface area contributed by atoms with Crippen LogP contribution in [0.25, 0.3) is 10.9 Å². The number of aromatic nitrogens is 3. The summed E-state index contributed by atoms with van der Waals surface area (Å²) in [7, 11) is 3.26. The standard InChI is InChI=1S/C28H31ClN6O2/c1-17-12-26(33-28(30-17)32-21-14-22(36-4)16-23(15-21)37-5)34-8-10-35(11-9-34)27-18(2)19(3)31-25-13-20(29)6-7-24(25)27/h6-7,12-16H,8-11H2,1-5H3,(H,30,32,33). The van der Waals surface area contributed by atoms with Crippen LogP contribution < -0.4 is 24.6 Å². The Morgan fingerprint density at radius 2 is 1.49 bits per heavy atom. The summed E-state index contributed by atoms with van der Waals surface area (Å²) in [6.45, 7) is 9.64. The zero-order chi connectivity index (χ0) is 26.1. The number of hydrogen-bond donors (Lipinski definition) is 1. The van der Waals surface area contributed by atoms with Crippen molar-refractivity contribution in [2.45, 2.75) is 20.8 Å². The maximum Gasteiger partial charge on any atom is 0.229 e. The van der Waals surface area contributed by atoms with Crippen LogP contribution in [0.2, 0.25) is 5.02 Å². The van der Waals surface area contributed by atoms with Crippen LogP contribution >= 0.6 is 11.6 Å². The van der Waals surface area contributed by atoms with Crippen LogP contribution in [-0.4, -0.2) is 55.4 Å². The van der Waals surface area contributed by atoms with Gasteiger partial charge in [-0.1, -0.05) is 11.6 Å². The molecule has 3 heterocycles. The Labute approximate surface area is 222 Å². The number of nitrogens with one attached hydrogen (secondary N) is 1. The first-order valence-corrected chi connectivity index (χ1v) is 12.6. The summed E-state index contributed by atoms with van der Waals surface area (Å²) >= 11 is 6.25. The normalized spacial score (nSPS) is 13.7. The lowest BCUT2D eigenvalue weighted by Gasteiger charge is -2.38. The number of piperazine rings is 1. The monoisotopic (exact) mass is 518 g/mol. The number of nitrogens with zero attached hydrogens (tertiary/aromatic N) is 5. The number of fused-ring (bicyclic) bond motifs is 1. The molecule has 0 spiro atoms. The highest BCUT2D eigenvalue weighted by molar-refractivity contribution is 6.31. The summed E-state index contributed by atoms with van der Waals surface area (Å²) in [4.78, 5) is 19.0. The van der Waals surface area contributed by atoms with Gasteiger partial charge in [0.15, 0.2) is 0 Å². The molecule has 37 heavy (non-hydrogen) atoms. The van der Waals surface area contributed by atoms with Crippen molar-refractivity contribution in [1.82, 2.24) is 15.0 Å². The number of benzene rings is 2. The van der Waals surface area contributed by atoms with Crippen LogP contribution in [0.15, 0.2) is 42.5 Å². The van der Waals surface area contributed by atoms with Crippen LogP contribution in [0, 0.1) is 20.8 Å². The average Bonchev–Trinajstić information content (AvgIpc) is 2.89. The van der Waals surface area contributed by atoms with Gasteiger partial charge in [0.2, 0.25) is 5.95 Å². The number of halogens is 1. The van der Waals surface area contributed by atoms with Gasteiger partial charge in [-0.3, -0.25) is 4.98 Å². The predicted octanol–water partition coefficient (Wildman–Crippen LogP) is 5.69. The van der Waals surface area contributed by atoms with Crippen molar-refractivity contribution in [3.05, 3.63) is 64.4 Å². The van der Waals surface area contributed by atoms with E-state index in [2.05, 4.69) is 40.0 Å². The minimum atomic E-state index is 0.538. The highest BCUT2D eigenvalue weighted by Crippen LogP contribution is 2.34. The molecule has 2 aromatic heterocycles. The molecule has 192 valence electrons. The van der Waals surface area contributed by atoms with Gasteiger partial charge in [0.25, 0.3) is 0 Å². The zero-order valence-corrected chi connectivity index (χ0v) is 22.6. The number of anilines is 4. The topological polar surface area (TPSA) is 75.6 Å². The van der Waals surface area contributed by atoms with E-state index < -0.39 is 0 Å². The van der Waals surface area contributed by atoms with E-state index in [1.807, 2.05) is 43.3 Å². The van der Waals surface area contributed by atoms with E-state index >= 15 is 0 Å². The molecule has 1 fully saturated rings. The fourth-order valence-corrected chi connectivity index (χ4v) is 4.95. The average molecular weight is 519 g/mol. The van der Waals surface area contributed by atoms with Crippen molar-refractivity contribution in [2.24, 2.45) is 0 Å². The summed E-state index contributed by atoms with van der Waals surface area (Å²) < 4.78 is 10.8. The van der Waals surface area contributed by atoms with Gasteiger partial charge in [0, 0.05) is 77.9 Å². The Bertz CT molecular complexity index is 1430. The van der Waals surface area contributed by atoms with Gasteiger partial charge >= 0.3 is 0 Å². The van der Waals surface area contributed by atoms with E-state index in [0.717, 1.165) is 60.0 Å². The number of aryl methyl sites for hydroxylation is 2. The maximum absolute atomic E-state index is 6.25. The van der Waals surface area contributed by atoms with Crippen LogP contribution in [0.1, 0.15) is 17.0 Å². The molecule has 0 radical (unpaired) electrons. The molecule has 9 heteroatoms. The lowest BCUT2D eigenvalue weighted by atomic mass is 10.1. The lowest BCUT2D eigenvalue weighted by Crippen LogP contribution is -2.47. The van der Waals surface area contributed by atoms with Gasteiger partial charge in [-0.15, -0.1) is 0 Å². The summed E-state index contributed by atoms with van der Waals surface area (Å²) in [5.41, 5.74) is 6.11. The Balaban J connectivity index is 1.36.